The molecule has 0 spiro atoms. The van der Waals surface area contributed by atoms with E-state index in [0.717, 1.165) is 0 Å². The highest BCUT2D eigenvalue weighted by molar-refractivity contribution is 5.77. The van der Waals surface area contributed by atoms with Crippen molar-refractivity contribution in [1.29, 1.82) is 5.26 Å². The first kappa shape index (κ1) is 12.0. The molecule has 4 nitrogen and oxygen atoms in total. The van der Waals surface area contributed by atoms with E-state index in [4.69, 9.17) is 5.26 Å². The Morgan fingerprint density at radius 2 is 2.33 bits per heavy atom. The molecule has 0 aromatic rings. The van der Waals surface area contributed by atoms with Crippen LogP contribution in [0.15, 0.2) is 0 Å². The number of rotatable bonds is 3. The summed E-state index contributed by atoms with van der Waals surface area (Å²) in [5, 5.41) is 17.9. The fraction of sp³-hybridized carbons (Fsp3) is 0.818. The molecule has 84 valence electrons. The van der Waals surface area contributed by atoms with Crippen molar-refractivity contribution in [2.45, 2.75) is 39.2 Å². The van der Waals surface area contributed by atoms with E-state index in [1.54, 1.807) is 4.90 Å². The lowest BCUT2D eigenvalue weighted by Crippen LogP contribution is -2.33. The zero-order chi connectivity index (χ0) is 11.5. The summed E-state index contributed by atoms with van der Waals surface area (Å²) in [6.45, 7) is 4.92. The highest BCUT2D eigenvalue weighted by Gasteiger charge is 2.29. The second-order valence-corrected chi connectivity index (χ2v) is 4.96. The fourth-order valence-electron chi connectivity index (χ4n) is 1.77. The Morgan fingerprint density at radius 3 is 2.80 bits per heavy atom. The lowest BCUT2D eigenvalue weighted by molar-refractivity contribution is -0.132. The molecule has 1 fully saturated rings. The highest BCUT2D eigenvalue weighted by Crippen LogP contribution is 2.26. The van der Waals surface area contributed by atoms with Gasteiger partial charge in [0.1, 0.15) is 0 Å². The number of carbonyl (C=O) groups excluding carboxylic acids is 1. The summed E-state index contributed by atoms with van der Waals surface area (Å²) in [5.41, 5.74) is -0.265. The predicted molar refractivity (Wildman–Crippen MR) is 55.8 cm³/mol. The molecule has 1 atom stereocenters. The molecule has 4 heteroatoms. The van der Waals surface area contributed by atoms with Crippen LogP contribution in [0.1, 0.15) is 33.1 Å². The summed E-state index contributed by atoms with van der Waals surface area (Å²) in [7, 11) is 0. The van der Waals surface area contributed by atoms with Gasteiger partial charge in [-0.15, -0.1) is 0 Å². The third kappa shape index (κ3) is 3.52. The van der Waals surface area contributed by atoms with Crippen molar-refractivity contribution < 1.29 is 9.90 Å². The van der Waals surface area contributed by atoms with E-state index in [1.807, 2.05) is 13.8 Å². The molecule has 1 saturated heterocycles. The third-order valence-corrected chi connectivity index (χ3v) is 2.70. The molecular formula is C11H18N2O2. The molecule has 15 heavy (non-hydrogen) atoms. The van der Waals surface area contributed by atoms with E-state index in [0.29, 0.717) is 32.4 Å². The number of nitriles is 1. The topological polar surface area (TPSA) is 64.3 Å². The molecule has 1 heterocycles. The number of amides is 1. The van der Waals surface area contributed by atoms with E-state index < -0.39 is 0 Å². The molecule has 0 aromatic carbocycles. The van der Waals surface area contributed by atoms with Crippen LogP contribution in [0, 0.1) is 16.7 Å². The van der Waals surface area contributed by atoms with Gasteiger partial charge >= 0.3 is 0 Å². The van der Waals surface area contributed by atoms with Gasteiger partial charge in [0.25, 0.3) is 0 Å². The highest BCUT2D eigenvalue weighted by atomic mass is 16.3. The van der Waals surface area contributed by atoms with E-state index >= 15 is 0 Å². The Hall–Kier alpha value is -1.08. The number of hydrogen-bond donors (Lipinski definition) is 1. The molecule has 1 aliphatic rings. The molecule has 1 unspecified atom stereocenters. The third-order valence-electron chi connectivity index (χ3n) is 2.70. The Morgan fingerprint density at radius 1 is 1.67 bits per heavy atom. The summed E-state index contributed by atoms with van der Waals surface area (Å²) in [6.07, 6.45) is 1.07. The molecule has 1 aliphatic heterocycles. The van der Waals surface area contributed by atoms with Gasteiger partial charge < -0.3 is 10.0 Å². The molecule has 1 amide bonds. The Bertz CT molecular complexity index is 281. The van der Waals surface area contributed by atoms with Crippen LogP contribution in [-0.2, 0) is 4.79 Å². The summed E-state index contributed by atoms with van der Waals surface area (Å²) in [6, 6.07) is 2.09. The van der Waals surface area contributed by atoms with Crippen LogP contribution in [-0.4, -0.2) is 35.1 Å². The quantitative estimate of drug-likeness (QED) is 0.753. The minimum Gasteiger partial charge on any atom is -0.391 e. The number of aliphatic hydroxyl groups excluding tert-OH is 1. The average molecular weight is 210 g/mol. The van der Waals surface area contributed by atoms with Crippen LogP contribution in [0.3, 0.4) is 0 Å². The van der Waals surface area contributed by atoms with Gasteiger partial charge in [-0.25, -0.2) is 0 Å². The maximum Gasteiger partial charge on any atom is 0.223 e. The maximum absolute atomic E-state index is 11.8. The second kappa shape index (κ2) is 4.63. The second-order valence-electron chi connectivity index (χ2n) is 4.96. The van der Waals surface area contributed by atoms with Crippen molar-refractivity contribution in [2.24, 2.45) is 5.41 Å². The Balaban J connectivity index is 2.45. The van der Waals surface area contributed by atoms with E-state index in [9.17, 15) is 9.90 Å². The lowest BCUT2D eigenvalue weighted by Gasteiger charge is -2.24. The molecule has 1 N–H and O–H groups in total. The van der Waals surface area contributed by atoms with Crippen molar-refractivity contribution in [3.63, 3.8) is 0 Å². The summed E-state index contributed by atoms with van der Waals surface area (Å²) >= 11 is 0. The van der Waals surface area contributed by atoms with Crippen LogP contribution in [0.5, 0.6) is 0 Å². The zero-order valence-corrected chi connectivity index (χ0v) is 9.36. The molecule has 0 saturated carbocycles. The van der Waals surface area contributed by atoms with Crippen LogP contribution in [0.2, 0.25) is 0 Å². The van der Waals surface area contributed by atoms with Crippen LogP contribution >= 0.6 is 0 Å². The van der Waals surface area contributed by atoms with Gasteiger partial charge in [0.05, 0.1) is 12.2 Å². The van der Waals surface area contributed by atoms with Crippen molar-refractivity contribution in [2.75, 3.05) is 13.1 Å². The van der Waals surface area contributed by atoms with Crippen molar-refractivity contribution in [3.05, 3.63) is 0 Å². The van der Waals surface area contributed by atoms with Gasteiger partial charge in [0.15, 0.2) is 0 Å². The first-order valence-corrected chi connectivity index (χ1v) is 5.27. The number of hydrogen-bond acceptors (Lipinski definition) is 3. The van der Waals surface area contributed by atoms with E-state index in [2.05, 4.69) is 6.07 Å². The minimum absolute atomic E-state index is 0.0480. The van der Waals surface area contributed by atoms with Gasteiger partial charge in [-0.3, -0.25) is 4.79 Å². The number of β-amino-alcohol motifs (C(OH)–C–C–N with tert-alkyl or cyclic N) is 1. The summed E-state index contributed by atoms with van der Waals surface area (Å²) in [4.78, 5) is 13.5. The van der Waals surface area contributed by atoms with Crippen molar-refractivity contribution >= 4 is 5.91 Å². The van der Waals surface area contributed by atoms with Crippen molar-refractivity contribution in [3.8, 4) is 6.07 Å². The van der Waals surface area contributed by atoms with Gasteiger partial charge in [-0.2, -0.15) is 5.26 Å². The first-order valence-electron chi connectivity index (χ1n) is 5.27. The van der Waals surface area contributed by atoms with E-state index in [-0.39, 0.29) is 17.4 Å². The maximum atomic E-state index is 11.8. The molecule has 0 bridgehead atoms. The average Bonchev–Trinajstić information content (AvgIpc) is 2.50. The largest absolute Gasteiger partial charge is 0.391 e. The summed E-state index contributed by atoms with van der Waals surface area (Å²) in [5.74, 6) is 0.0480. The minimum atomic E-state index is -0.368. The number of aliphatic hydroxyl groups is 1. The zero-order valence-electron chi connectivity index (χ0n) is 9.36. The van der Waals surface area contributed by atoms with Crippen molar-refractivity contribution in [1.82, 2.24) is 4.90 Å². The van der Waals surface area contributed by atoms with Gasteiger partial charge in [0, 0.05) is 25.9 Å². The molecule has 0 radical (unpaired) electrons. The van der Waals surface area contributed by atoms with E-state index in [1.165, 1.54) is 0 Å². The van der Waals surface area contributed by atoms with Gasteiger partial charge in [-0.05, 0) is 11.8 Å². The smallest absolute Gasteiger partial charge is 0.223 e. The van der Waals surface area contributed by atoms with Gasteiger partial charge in [-0.1, -0.05) is 13.8 Å². The summed E-state index contributed by atoms with van der Waals surface area (Å²) < 4.78 is 0. The number of carbonyl (C=O) groups is 1. The van der Waals surface area contributed by atoms with Crippen LogP contribution < -0.4 is 0 Å². The first-order chi connectivity index (χ1) is 6.94. The Labute approximate surface area is 90.5 Å². The molecule has 0 aromatic heterocycles. The Kier molecular flexibility index (Phi) is 3.70. The molecular weight excluding hydrogens is 192 g/mol. The fourth-order valence-corrected chi connectivity index (χ4v) is 1.77. The molecule has 1 rings (SSSR count). The molecule has 0 aliphatic carbocycles. The number of nitrogens with zero attached hydrogens (tertiary/aromatic N) is 2. The normalized spacial score (nSPS) is 21.5. The number of likely N-dealkylation sites (tertiary alicyclic amines) is 1. The van der Waals surface area contributed by atoms with Gasteiger partial charge in [0.2, 0.25) is 5.91 Å². The van der Waals surface area contributed by atoms with Crippen LogP contribution in [0.4, 0.5) is 0 Å². The lowest BCUT2D eigenvalue weighted by atomic mass is 9.86. The predicted octanol–water partition coefficient (Wildman–Crippen LogP) is 0.910. The standard InChI is InChI=1S/C11H18N2O2/c1-11(2,4-5-12)7-10(15)13-6-3-9(14)8-13/h9,14H,3-4,6-8H2,1-2H3. The monoisotopic (exact) mass is 210 g/mol. The van der Waals surface area contributed by atoms with Crippen LogP contribution in [0.25, 0.3) is 0 Å². The SMILES string of the molecule is CC(C)(CC#N)CC(=O)N1CCC(O)C1.